The summed E-state index contributed by atoms with van der Waals surface area (Å²) >= 11 is 1.70. The number of nitrogens with zero attached hydrogens (tertiary/aromatic N) is 1. The van der Waals surface area contributed by atoms with Gasteiger partial charge in [-0.05, 0) is 24.3 Å². The van der Waals surface area contributed by atoms with Crippen LogP contribution in [0.3, 0.4) is 0 Å². The molecule has 1 fully saturated rings. The van der Waals surface area contributed by atoms with Crippen LogP contribution in [-0.2, 0) is 16.1 Å². The molecule has 2 heterocycles. The molecule has 1 amide bonds. The monoisotopic (exact) mass is 390 g/mol. The maximum atomic E-state index is 12.7. The first-order chi connectivity index (χ1) is 13.2. The number of benzene rings is 1. The molecule has 1 aromatic heterocycles. The van der Waals surface area contributed by atoms with Gasteiger partial charge in [-0.3, -0.25) is 9.69 Å². The predicted octanol–water partition coefficient (Wildman–Crippen LogP) is 3.39. The number of carbonyl (C=O) groups excluding carboxylic acids is 1. The molecule has 0 saturated carbocycles. The van der Waals surface area contributed by atoms with E-state index >= 15 is 0 Å². The molecular formula is C20H26N2O4S. The molecule has 1 N–H and O–H groups in total. The molecule has 1 aromatic carbocycles. The van der Waals surface area contributed by atoms with Gasteiger partial charge < -0.3 is 19.5 Å². The zero-order valence-electron chi connectivity index (χ0n) is 15.8. The quantitative estimate of drug-likeness (QED) is 0.711. The van der Waals surface area contributed by atoms with Gasteiger partial charge in [0.1, 0.15) is 11.5 Å². The molecule has 1 atom stereocenters. The number of thiophene rings is 1. The van der Waals surface area contributed by atoms with E-state index in [2.05, 4.69) is 21.7 Å². The third-order valence-electron chi connectivity index (χ3n) is 4.45. The second-order valence-corrected chi connectivity index (χ2v) is 7.57. The first-order valence-corrected chi connectivity index (χ1v) is 9.93. The van der Waals surface area contributed by atoms with Crippen LogP contribution < -0.4 is 14.8 Å². The van der Waals surface area contributed by atoms with Crippen molar-refractivity contribution < 1.29 is 19.0 Å². The lowest BCUT2D eigenvalue weighted by Crippen LogP contribution is -2.37. The molecule has 0 bridgehead atoms. The standard InChI is InChI=1S/C20H26N2O4S/c1-24-17-9-15(10-18(11-17)25-2)21-20(23)14-22(12-16-5-3-7-26-16)13-19-6-4-8-27-19/h4,6,8-11,16H,3,5,7,12-14H2,1-2H3,(H,21,23). The second kappa shape index (κ2) is 9.73. The van der Waals surface area contributed by atoms with Crippen molar-refractivity contribution in [2.75, 3.05) is 39.2 Å². The first kappa shape index (κ1) is 19.7. The van der Waals surface area contributed by atoms with Gasteiger partial charge in [-0.25, -0.2) is 0 Å². The molecule has 146 valence electrons. The molecule has 1 saturated heterocycles. The Morgan fingerprint density at radius 2 is 2.07 bits per heavy atom. The van der Waals surface area contributed by atoms with Gasteiger partial charge >= 0.3 is 0 Å². The Bertz CT molecular complexity index is 707. The molecule has 0 spiro atoms. The van der Waals surface area contributed by atoms with E-state index in [0.717, 1.165) is 32.5 Å². The number of anilines is 1. The van der Waals surface area contributed by atoms with Gasteiger partial charge in [0.15, 0.2) is 0 Å². The average Bonchev–Trinajstić information content (AvgIpc) is 3.35. The maximum absolute atomic E-state index is 12.7. The molecule has 27 heavy (non-hydrogen) atoms. The van der Waals surface area contributed by atoms with Crippen molar-refractivity contribution in [3.8, 4) is 11.5 Å². The van der Waals surface area contributed by atoms with E-state index in [9.17, 15) is 4.79 Å². The average molecular weight is 391 g/mol. The van der Waals surface area contributed by atoms with Crippen molar-refractivity contribution in [3.05, 3.63) is 40.6 Å². The lowest BCUT2D eigenvalue weighted by atomic mass is 10.2. The highest BCUT2D eigenvalue weighted by Crippen LogP contribution is 2.26. The van der Waals surface area contributed by atoms with Gasteiger partial charge in [0.05, 0.1) is 26.9 Å². The van der Waals surface area contributed by atoms with Gasteiger partial charge in [0, 0.05) is 48.5 Å². The first-order valence-electron chi connectivity index (χ1n) is 9.05. The van der Waals surface area contributed by atoms with Crippen LogP contribution in [0.1, 0.15) is 17.7 Å². The molecule has 1 aliphatic rings. The van der Waals surface area contributed by atoms with Crippen LogP contribution in [0.15, 0.2) is 35.7 Å². The number of methoxy groups -OCH3 is 2. The molecule has 6 nitrogen and oxygen atoms in total. The Hall–Kier alpha value is -2.09. The summed E-state index contributed by atoms with van der Waals surface area (Å²) in [7, 11) is 3.18. The van der Waals surface area contributed by atoms with Crippen LogP contribution in [0, 0.1) is 0 Å². The fraction of sp³-hybridized carbons (Fsp3) is 0.450. The van der Waals surface area contributed by atoms with Crippen LogP contribution in [0.5, 0.6) is 11.5 Å². The van der Waals surface area contributed by atoms with E-state index in [-0.39, 0.29) is 12.0 Å². The van der Waals surface area contributed by atoms with Crippen molar-refractivity contribution in [1.82, 2.24) is 4.90 Å². The number of rotatable bonds is 9. The van der Waals surface area contributed by atoms with E-state index in [0.29, 0.717) is 23.7 Å². The second-order valence-electron chi connectivity index (χ2n) is 6.53. The number of hydrogen-bond acceptors (Lipinski definition) is 6. The SMILES string of the molecule is COc1cc(NC(=O)CN(Cc2cccs2)CC2CCCO2)cc(OC)c1. The number of hydrogen-bond donors (Lipinski definition) is 1. The van der Waals surface area contributed by atoms with Gasteiger partial charge in [-0.2, -0.15) is 0 Å². The topological polar surface area (TPSA) is 60.0 Å². The summed E-state index contributed by atoms with van der Waals surface area (Å²) in [5, 5.41) is 5.01. The number of amides is 1. The van der Waals surface area contributed by atoms with Crippen LogP contribution in [0.25, 0.3) is 0 Å². The zero-order valence-corrected chi connectivity index (χ0v) is 16.6. The Labute approximate surface area is 164 Å². The summed E-state index contributed by atoms with van der Waals surface area (Å²) in [4.78, 5) is 16.0. The van der Waals surface area contributed by atoms with Crippen LogP contribution in [0.4, 0.5) is 5.69 Å². The minimum atomic E-state index is -0.0696. The number of carbonyl (C=O) groups is 1. The highest BCUT2D eigenvalue weighted by atomic mass is 32.1. The molecule has 0 radical (unpaired) electrons. The van der Waals surface area contributed by atoms with Crippen LogP contribution in [-0.4, -0.2) is 50.8 Å². The molecule has 1 unspecified atom stereocenters. The Kier molecular flexibility index (Phi) is 7.09. The third kappa shape index (κ3) is 5.95. The molecule has 2 aromatic rings. The Balaban J connectivity index is 1.64. The number of ether oxygens (including phenoxy) is 3. The number of nitrogens with one attached hydrogen (secondary N) is 1. The van der Waals surface area contributed by atoms with Gasteiger partial charge in [0.2, 0.25) is 5.91 Å². The smallest absolute Gasteiger partial charge is 0.238 e. The molecule has 7 heteroatoms. The van der Waals surface area contributed by atoms with Crippen molar-refractivity contribution >= 4 is 22.9 Å². The molecule has 3 rings (SSSR count). The zero-order chi connectivity index (χ0) is 19.1. The molecule has 0 aliphatic carbocycles. The summed E-state index contributed by atoms with van der Waals surface area (Å²) in [5.41, 5.74) is 0.657. The van der Waals surface area contributed by atoms with E-state index < -0.39 is 0 Å². The van der Waals surface area contributed by atoms with E-state index in [4.69, 9.17) is 14.2 Å². The van der Waals surface area contributed by atoms with E-state index in [1.54, 1.807) is 43.8 Å². The van der Waals surface area contributed by atoms with Crippen molar-refractivity contribution in [1.29, 1.82) is 0 Å². The summed E-state index contributed by atoms with van der Waals surface area (Å²) in [6.45, 7) is 2.61. The highest BCUT2D eigenvalue weighted by Gasteiger charge is 2.21. The van der Waals surface area contributed by atoms with Crippen LogP contribution >= 0.6 is 11.3 Å². The van der Waals surface area contributed by atoms with Gasteiger partial charge in [-0.15, -0.1) is 11.3 Å². The maximum Gasteiger partial charge on any atom is 0.238 e. The fourth-order valence-electron chi connectivity index (χ4n) is 3.17. The highest BCUT2D eigenvalue weighted by molar-refractivity contribution is 7.09. The summed E-state index contributed by atoms with van der Waals surface area (Å²) in [6, 6.07) is 9.47. The lowest BCUT2D eigenvalue weighted by molar-refractivity contribution is -0.117. The summed E-state index contributed by atoms with van der Waals surface area (Å²) in [5.74, 6) is 1.21. The molecule has 1 aliphatic heterocycles. The third-order valence-corrected chi connectivity index (χ3v) is 5.31. The minimum Gasteiger partial charge on any atom is -0.497 e. The largest absolute Gasteiger partial charge is 0.497 e. The van der Waals surface area contributed by atoms with Crippen molar-refractivity contribution in [2.24, 2.45) is 0 Å². The fourth-order valence-corrected chi connectivity index (χ4v) is 3.91. The minimum absolute atomic E-state index is 0.0696. The summed E-state index contributed by atoms with van der Waals surface area (Å²) in [6.07, 6.45) is 2.35. The predicted molar refractivity (Wildman–Crippen MR) is 107 cm³/mol. The van der Waals surface area contributed by atoms with E-state index in [1.807, 2.05) is 6.07 Å². The Morgan fingerprint density at radius 3 is 2.67 bits per heavy atom. The van der Waals surface area contributed by atoms with Crippen molar-refractivity contribution in [2.45, 2.75) is 25.5 Å². The van der Waals surface area contributed by atoms with Crippen LogP contribution in [0.2, 0.25) is 0 Å². The normalized spacial score (nSPS) is 16.5. The van der Waals surface area contributed by atoms with Gasteiger partial charge in [-0.1, -0.05) is 6.07 Å². The van der Waals surface area contributed by atoms with E-state index in [1.165, 1.54) is 4.88 Å². The van der Waals surface area contributed by atoms with Crippen molar-refractivity contribution in [3.63, 3.8) is 0 Å². The summed E-state index contributed by atoms with van der Waals surface area (Å²) < 4.78 is 16.3. The van der Waals surface area contributed by atoms with Gasteiger partial charge in [0.25, 0.3) is 0 Å². The molecular weight excluding hydrogens is 364 g/mol. The Morgan fingerprint density at radius 1 is 1.30 bits per heavy atom. The lowest BCUT2D eigenvalue weighted by Gasteiger charge is -2.24.